The largest absolute Gasteiger partial charge is 0.378 e. The standard InChI is InChI=1S/C42H74O3/c1-6-7-8-9-10-11-12-13-14-15-16-17-18-27-43-34-22-24-40(4)33(28-34)19-20-35-36(40)23-25-41(5)37(35)29-38-39(41)32(3)42(45-38)26-21-31(2)30-44-42/h31-39H,6-30H2,1-5H3/t31-,32-,33?,34?,35?,36?,37?,38?,39?,40-,41-,42+/m0/s1. The fourth-order valence-corrected chi connectivity index (χ4v) is 12.8. The van der Waals surface area contributed by atoms with E-state index in [-0.39, 0.29) is 5.79 Å². The van der Waals surface area contributed by atoms with Gasteiger partial charge in [0.1, 0.15) is 0 Å². The summed E-state index contributed by atoms with van der Waals surface area (Å²) in [5, 5.41) is 0. The molecule has 12 atom stereocenters. The summed E-state index contributed by atoms with van der Waals surface area (Å²) in [7, 11) is 0. The van der Waals surface area contributed by atoms with Crippen molar-refractivity contribution in [3.05, 3.63) is 0 Å². The lowest BCUT2D eigenvalue weighted by molar-refractivity contribution is -0.273. The molecule has 7 unspecified atom stereocenters. The molecule has 2 heterocycles. The summed E-state index contributed by atoms with van der Waals surface area (Å²) in [4.78, 5) is 0. The van der Waals surface area contributed by atoms with Crippen molar-refractivity contribution in [1.29, 1.82) is 0 Å². The molecule has 6 aliphatic rings. The van der Waals surface area contributed by atoms with Gasteiger partial charge < -0.3 is 14.2 Å². The molecule has 6 fully saturated rings. The summed E-state index contributed by atoms with van der Waals surface area (Å²) in [6, 6.07) is 0. The SMILES string of the molecule is CCCCCCCCCCCCCCCOC1CC[C@@]2(C)C(CCC3C2CC[C@@]2(C)C3CC3O[C@]4(CC[C@H](C)CO4)[C@@H](C)C32)C1. The van der Waals surface area contributed by atoms with Crippen LogP contribution in [0.2, 0.25) is 0 Å². The van der Waals surface area contributed by atoms with Crippen LogP contribution in [0, 0.1) is 52.3 Å². The van der Waals surface area contributed by atoms with Crippen molar-refractivity contribution < 1.29 is 14.2 Å². The molecule has 4 aliphatic carbocycles. The lowest BCUT2D eigenvalue weighted by atomic mass is 9.44. The molecule has 0 aromatic rings. The minimum absolute atomic E-state index is 0.276. The van der Waals surface area contributed by atoms with Crippen LogP contribution in [0.25, 0.3) is 0 Å². The molecule has 260 valence electrons. The summed E-state index contributed by atoms with van der Waals surface area (Å²) in [6.45, 7) is 14.4. The minimum Gasteiger partial charge on any atom is -0.378 e. The molecule has 0 N–H and O–H groups in total. The Balaban J connectivity index is 0.900. The van der Waals surface area contributed by atoms with E-state index in [0.717, 1.165) is 43.3 Å². The van der Waals surface area contributed by atoms with Gasteiger partial charge in [0.2, 0.25) is 0 Å². The Morgan fingerprint density at radius 3 is 2.00 bits per heavy atom. The molecule has 0 amide bonds. The quantitative estimate of drug-likeness (QED) is 0.169. The second-order valence-corrected chi connectivity index (χ2v) is 18.2. The first-order valence-corrected chi connectivity index (χ1v) is 20.7. The van der Waals surface area contributed by atoms with Crippen LogP contribution in [0.1, 0.15) is 182 Å². The van der Waals surface area contributed by atoms with Gasteiger partial charge in [0.25, 0.3) is 0 Å². The van der Waals surface area contributed by atoms with Crippen LogP contribution in [-0.2, 0) is 14.2 Å². The first kappa shape index (κ1) is 34.7. The summed E-state index contributed by atoms with van der Waals surface area (Å²) in [6.07, 6.45) is 32.9. The lowest BCUT2D eigenvalue weighted by Crippen LogP contribution is -2.55. The smallest absolute Gasteiger partial charge is 0.171 e. The molecular weight excluding hydrogens is 552 g/mol. The van der Waals surface area contributed by atoms with Gasteiger partial charge in [-0.25, -0.2) is 0 Å². The Morgan fingerprint density at radius 1 is 0.667 bits per heavy atom. The second-order valence-electron chi connectivity index (χ2n) is 18.2. The summed E-state index contributed by atoms with van der Waals surface area (Å²) in [5.41, 5.74) is 0.978. The topological polar surface area (TPSA) is 27.7 Å². The van der Waals surface area contributed by atoms with E-state index >= 15 is 0 Å². The van der Waals surface area contributed by atoms with Crippen LogP contribution in [0.3, 0.4) is 0 Å². The Morgan fingerprint density at radius 2 is 1.33 bits per heavy atom. The summed E-state index contributed by atoms with van der Waals surface area (Å²) < 4.78 is 20.2. The molecule has 3 nitrogen and oxygen atoms in total. The van der Waals surface area contributed by atoms with Crippen molar-refractivity contribution in [2.75, 3.05) is 13.2 Å². The molecule has 6 rings (SSSR count). The second kappa shape index (κ2) is 15.2. The predicted octanol–water partition coefficient (Wildman–Crippen LogP) is 11.9. The van der Waals surface area contributed by atoms with E-state index in [4.69, 9.17) is 14.2 Å². The number of hydrogen-bond acceptors (Lipinski definition) is 3. The summed E-state index contributed by atoms with van der Waals surface area (Å²) in [5.74, 6) is 5.21. The third-order valence-corrected chi connectivity index (χ3v) is 15.5. The Bertz CT molecular complexity index is 910. The zero-order valence-corrected chi connectivity index (χ0v) is 30.6. The maximum absolute atomic E-state index is 7.02. The van der Waals surface area contributed by atoms with Crippen molar-refractivity contribution in [2.45, 2.75) is 200 Å². The van der Waals surface area contributed by atoms with Gasteiger partial charge in [-0.15, -0.1) is 0 Å². The molecular formula is C42H74O3. The first-order valence-electron chi connectivity index (χ1n) is 20.7. The van der Waals surface area contributed by atoms with Gasteiger partial charge in [-0.3, -0.25) is 0 Å². The molecule has 2 aliphatic heterocycles. The van der Waals surface area contributed by atoms with Crippen LogP contribution in [0.5, 0.6) is 0 Å². The maximum Gasteiger partial charge on any atom is 0.171 e. The van der Waals surface area contributed by atoms with Gasteiger partial charge in [0, 0.05) is 18.9 Å². The molecule has 3 heteroatoms. The van der Waals surface area contributed by atoms with Gasteiger partial charge in [0.15, 0.2) is 5.79 Å². The highest BCUT2D eigenvalue weighted by Crippen LogP contribution is 2.71. The van der Waals surface area contributed by atoms with Crippen molar-refractivity contribution >= 4 is 0 Å². The minimum atomic E-state index is -0.276. The van der Waals surface area contributed by atoms with Gasteiger partial charge in [-0.2, -0.15) is 0 Å². The zero-order valence-electron chi connectivity index (χ0n) is 30.6. The zero-order chi connectivity index (χ0) is 31.5. The molecule has 0 aromatic heterocycles. The van der Waals surface area contributed by atoms with Crippen molar-refractivity contribution in [1.82, 2.24) is 0 Å². The average molecular weight is 627 g/mol. The van der Waals surface area contributed by atoms with Crippen molar-refractivity contribution in [2.24, 2.45) is 52.3 Å². The van der Waals surface area contributed by atoms with Crippen LogP contribution >= 0.6 is 0 Å². The number of ether oxygens (including phenoxy) is 3. The highest BCUT2D eigenvalue weighted by molar-refractivity contribution is 5.15. The highest BCUT2D eigenvalue weighted by Gasteiger charge is 2.69. The third kappa shape index (κ3) is 7.13. The van der Waals surface area contributed by atoms with Crippen molar-refractivity contribution in [3.63, 3.8) is 0 Å². The van der Waals surface area contributed by atoms with E-state index in [1.807, 2.05) is 0 Å². The molecule has 0 bridgehead atoms. The molecule has 0 radical (unpaired) electrons. The fourth-order valence-electron chi connectivity index (χ4n) is 12.8. The Hall–Kier alpha value is -0.120. The number of rotatable bonds is 15. The van der Waals surface area contributed by atoms with Gasteiger partial charge in [-0.05, 0) is 111 Å². The van der Waals surface area contributed by atoms with E-state index in [1.54, 1.807) is 0 Å². The van der Waals surface area contributed by atoms with Crippen molar-refractivity contribution in [3.8, 4) is 0 Å². The van der Waals surface area contributed by atoms with E-state index in [9.17, 15) is 0 Å². The van der Waals surface area contributed by atoms with Gasteiger partial charge in [0.05, 0.1) is 18.8 Å². The van der Waals surface area contributed by atoms with Crippen LogP contribution in [-0.4, -0.2) is 31.2 Å². The third-order valence-electron chi connectivity index (χ3n) is 15.5. The monoisotopic (exact) mass is 627 g/mol. The Labute approximate surface area is 279 Å². The molecule has 4 saturated carbocycles. The van der Waals surface area contributed by atoms with E-state index < -0.39 is 0 Å². The van der Waals surface area contributed by atoms with E-state index in [0.29, 0.717) is 40.8 Å². The van der Waals surface area contributed by atoms with Gasteiger partial charge in [-0.1, -0.05) is 112 Å². The molecule has 0 aromatic carbocycles. The number of fused-ring (bicyclic) bond motifs is 7. The van der Waals surface area contributed by atoms with Gasteiger partial charge >= 0.3 is 0 Å². The fraction of sp³-hybridized carbons (Fsp3) is 1.00. The molecule has 2 saturated heterocycles. The normalized spacial score (nSPS) is 45.7. The predicted molar refractivity (Wildman–Crippen MR) is 187 cm³/mol. The molecule has 45 heavy (non-hydrogen) atoms. The average Bonchev–Trinajstić information content (AvgIpc) is 3.48. The van der Waals surface area contributed by atoms with E-state index in [2.05, 4.69) is 34.6 Å². The first-order chi connectivity index (χ1) is 21.8. The van der Waals surface area contributed by atoms with Crippen LogP contribution < -0.4 is 0 Å². The number of unbranched alkanes of at least 4 members (excludes halogenated alkanes) is 12. The van der Waals surface area contributed by atoms with E-state index in [1.165, 1.54) is 141 Å². The van der Waals surface area contributed by atoms with Crippen LogP contribution in [0.15, 0.2) is 0 Å². The molecule has 1 spiro atoms. The summed E-state index contributed by atoms with van der Waals surface area (Å²) >= 11 is 0. The maximum atomic E-state index is 7.02. The number of hydrogen-bond donors (Lipinski definition) is 0. The lowest BCUT2D eigenvalue weighted by Gasteiger charge is -2.61. The van der Waals surface area contributed by atoms with Crippen LogP contribution in [0.4, 0.5) is 0 Å². The Kier molecular flexibility index (Phi) is 11.7. The highest BCUT2D eigenvalue weighted by atomic mass is 16.7.